The summed E-state index contributed by atoms with van der Waals surface area (Å²) in [7, 11) is 0. The zero-order chi connectivity index (χ0) is 19.5. The Morgan fingerprint density at radius 3 is 2.97 bits per heavy atom. The zero-order valence-corrected chi connectivity index (χ0v) is 16.5. The predicted octanol–water partition coefficient (Wildman–Crippen LogP) is 2.32. The van der Waals surface area contributed by atoms with Crippen molar-refractivity contribution < 1.29 is 4.74 Å². The van der Waals surface area contributed by atoms with E-state index in [4.69, 9.17) is 4.74 Å². The summed E-state index contributed by atoms with van der Waals surface area (Å²) in [6.07, 6.45) is 3.40. The van der Waals surface area contributed by atoms with Gasteiger partial charge in [0.05, 0.1) is 25.8 Å². The molecule has 9 nitrogen and oxygen atoms in total. The molecule has 0 unspecified atom stereocenters. The normalized spacial score (nSPS) is 17.6. The second kappa shape index (κ2) is 8.19. The van der Waals surface area contributed by atoms with Gasteiger partial charge in [0.1, 0.15) is 11.3 Å². The fourth-order valence-corrected chi connectivity index (χ4v) is 4.07. The number of hydrogen-bond acceptors (Lipinski definition) is 9. The highest BCUT2D eigenvalue weighted by molar-refractivity contribution is 7.09. The van der Waals surface area contributed by atoms with Crippen LogP contribution in [0.3, 0.4) is 0 Å². The number of para-hydroxylation sites is 1. The van der Waals surface area contributed by atoms with Crippen LogP contribution in [0, 0.1) is 0 Å². The molecule has 5 rings (SSSR count). The van der Waals surface area contributed by atoms with Crippen LogP contribution in [0.5, 0.6) is 0 Å². The van der Waals surface area contributed by atoms with E-state index >= 15 is 0 Å². The lowest BCUT2D eigenvalue weighted by molar-refractivity contribution is -0.0399. The Labute approximate surface area is 171 Å². The second-order valence-electron chi connectivity index (χ2n) is 6.81. The van der Waals surface area contributed by atoms with Gasteiger partial charge in [-0.3, -0.25) is 4.90 Å². The average molecular weight is 408 g/mol. The molecule has 1 aliphatic heterocycles. The van der Waals surface area contributed by atoms with Gasteiger partial charge in [0, 0.05) is 30.4 Å². The monoisotopic (exact) mass is 408 g/mol. The molecule has 1 fully saturated rings. The van der Waals surface area contributed by atoms with E-state index in [0.29, 0.717) is 30.1 Å². The van der Waals surface area contributed by atoms with E-state index in [1.165, 1.54) is 6.33 Å². The summed E-state index contributed by atoms with van der Waals surface area (Å²) in [6, 6.07) is 9.86. The molecule has 29 heavy (non-hydrogen) atoms. The smallest absolute Gasteiger partial charge is 0.183 e. The summed E-state index contributed by atoms with van der Waals surface area (Å²) in [4.78, 5) is 15.5. The number of hydrogen-bond donors (Lipinski definition) is 1. The highest BCUT2D eigenvalue weighted by atomic mass is 32.1. The van der Waals surface area contributed by atoms with Crippen molar-refractivity contribution in [1.29, 1.82) is 0 Å². The molecule has 4 heterocycles. The molecule has 3 aromatic heterocycles. The van der Waals surface area contributed by atoms with E-state index in [-0.39, 0.29) is 6.10 Å². The van der Waals surface area contributed by atoms with Crippen molar-refractivity contribution in [3.8, 4) is 0 Å². The second-order valence-corrected chi connectivity index (χ2v) is 7.79. The van der Waals surface area contributed by atoms with E-state index in [2.05, 4.69) is 35.5 Å². The molecular formula is C19H20N8OS. The van der Waals surface area contributed by atoms with Crippen LogP contribution < -0.4 is 5.32 Å². The minimum atomic E-state index is 0.0223. The molecule has 1 atom stereocenters. The lowest BCUT2D eigenvalue weighted by Crippen LogP contribution is -2.43. The van der Waals surface area contributed by atoms with Crippen LogP contribution in [0.2, 0.25) is 0 Å². The van der Waals surface area contributed by atoms with E-state index in [1.54, 1.807) is 16.0 Å². The van der Waals surface area contributed by atoms with Crippen molar-refractivity contribution in [2.45, 2.75) is 19.2 Å². The number of rotatable bonds is 6. The maximum atomic E-state index is 5.97. The van der Waals surface area contributed by atoms with Crippen molar-refractivity contribution >= 4 is 34.0 Å². The molecule has 1 saturated heterocycles. The molecule has 1 aromatic carbocycles. The Bertz CT molecular complexity index is 1070. The molecule has 0 aliphatic carbocycles. The Morgan fingerprint density at radius 2 is 2.10 bits per heavy atom. The van der Waals surface area contributed by atoms with Crippen molar-refractivity contribution in [1.82, 2.24) is 34.8 Å². The van der Waals surface area contributed by atoms with Crippen LogP contribution in [0.4, 0.5) is 11.5 Å². The quantitative estimate of drug-likeness (QED) is 0.520. The number of benzene rings is 1. The topological polar surface area (TPSA) is 93.9 Å². The van der Waals surface area contributed by atoms with E-state index in [0.717, 1.165) is 30.3 Å². The van der Waals surface area contributed by atoms with Gasteiger partial charge in [-0.25, -0.2) is 19.6 Å². The summed E-state index contributed by atoms with van der Waals surface area (Å²) in [5, 5.41) is 15.0. The van der Waals surface area contributed by atoms with Crippen molar-refractivity contribution in [2.75, 3.05) is 25.0 Å². The number of nitrogens with one attached hydrogen (secondary N) is 1. The van der Waals surface area contributed by atoms with E-state index < -0.39 is 0 Å². The Kier molecular flexibility index (Phi) is 5.11. The third-order valence-corrected chi connectivity index (χ3v) is 5.54. The number of nitrogens with zero attached hydrogens (tertiary/aromatic N) is 7. The molecule has 0 spiro atoms. The first-order valence-corrected chi connectivity index (χ1v) is 10.3. The van der Waals surface area contributed by atoms with Crippen LogP contribution >= 0.6 is 11.3 Å². The first kappa shape index (κ1) is 18.1. The maximum absolute atomic E-state index is 5.97. The highest BCUT2D eigenvalue weighted by Crippen LogP contribution is 2.21. The predicted molar refractivity (Wildman–Crippen MR) is 110 cm³/mol. The average Bonchev–Trinajstić information content (AvgIpc) is 3.40. The third-order valence-electron chi connectivity index (χ3n) is 4.78. The number of anilines is 2. The standard InChI is InChI=1S/C19H20N8OS/c1-2-4-14(5-3-1)23-18-17-19(22-13-21-18)27(25-24-17)11-15-10-26(7-8-28-15)12-16-20-6-9-29-16/h1-6,9,13,15H,7-8,10-12H2,(H,21,22,23)/t15-/m0/s1. The first-order chi connectivity index (χ1) is 14.3. The minimum absolute atomic E-state index is 0.0223. The minimum Gasteiger partial charge on any atom is -0.374 e. The van der Waals surface area contributed by atoms with Gasteiger partial charge in [-0.15, -0.1) is 16.4 Å². The fraction of sp³-hybridized carbons (Fsp3) is 0.316. The number of aromatic nitrogens is 6. The summed E-state index contributed by atoms with van der Waals surface area (Å²) >= 11 is 1.68. The van der Waals surface area contributed by atoms with Crippen LogP contribution in [0.15, 0.2) is 48.2 Å². The number of thiazole rings is 1. The molecule has 0 bridgehead atoms. The zero-order valence-electron chi connectivity index (χ0n) is 15.7. The molecule has 0 saturated carbocycles. The van der Waals surface area contributed by atoms with Gasteiger partial charge in [0.25, 0.3) is 0 Å². The lowest BCUT2D eigenvalue weighted by atomic mass is 10.2. The molecule has 1 aliphatic rings. The van der Waals surface area contributed by atoms with Crippen LogP contribution in [0.25, 0.3) is 11.2 Å². The summed E-state index contributed by atoms with van der Waals surface area (Å²) in [6.45, 7) is 3.86. The summed E-state index contributed by atoms with van der Waals surface area (Å²) in [5.74, 6) is 0.641. The molecule has 10 heteroatoms. The SMILES string of the molecule is c1ccc(Nc2ncnc3c2nnn3C[C@@H]2CN(Cc3nccs3)CCO2)cc1. The first-order valence-electron chi connectivity index (χ1n) is 9.44. The molecule has 148 valence electrons. The van der Waals surface area contributed by atoms with Crippen molar-refractivity contribution in [3.05, 3.63) is 53.2 Å². The molecule has 4 aromatic rings. The number of morpholine rings is 1. The highest BCUT2D eigenvalue weighted by Gasteiger charge is 2.23. The summed E-state index contributed by atoms with van der Waals surface area (Å²) in [5.41, 5.74) is 2.28. The number of ether oxygens (including phenoxy) is 1. The Balaban J connectivity index is 1.31. The third kappa shape index (κ3) is 4.09. The van der Waals surface area contributed by atoms with Gasteiger partial charge >= 0.3 is 0 Å². The van der Waals surface area contributed by atoms with Gasteiger partial charge in [-0.1, -0.05) is 23.4 Å². The van der Waals surface area contributed by atoms with Crippen molar-refractivity contribution in [2.24, 2.45) is 0 Å². The fourth-order valence-electron chi connectivity index (χ4n) is 3.41. The summed E-state index contributed by atoms with van der Waals surface area (Å²) < 4.78 is 7.77. The number of fused-ring (bicyclic) bond motifs is 1. The van der Waals surface area contributed by atoms with Crippen LogP contribution in [-0.4, -0.2) is 60.6 Å². The van der Waals surface area contributed by atoms with Gasteiger partial charge in [-0.2, -0.15) is 0 Å². The lowest BCUT2D eigenvalue weighted by Gasteiger charge is -2.32. The van der Waals surface area contributed by atoms with E-state index in [9.17, 15) is 0 Å². The van der Waals surface area contributed by atoms with Gasteiger partial charge in [-0.05, 0) is 12.1 Å². The molecule has 0 radical (unpaired) electrons. The molecule has 0 amide bonds. The Hall–Kier alpha value is -2.95. The maximum Gasteiger partial charge on any atom is 0.183 e. The largest absolute Gasteiger partial charge is 0.374 e. The van der Waals surface area contributed by atoms with E-state index in [1.807, 2.05) is 41.9 Å². The van der Waals surface area contributed by atoms with Gasteiger partial charge in [0.15, 0.2) is 17.0 Å². The van der Waals surface area contributed by atoms with Crippen LogP contribution in [0.1, 0.15) is 5.01 Å². The van der Waals surface area contributed by atoms with Gasteiger partial charge in [0.2, 0.25) is 0 Å². The van der Waals surface area contributed by atoms with Crippen molar-refractivity contribution in [3.63, 3.8) is 0 Å². The molecular weight excluding hydrogens is 388 g/mol. The van der Waals surface area contributed by atoms with Crippen LogP contribution in [-0.2, 0) is 17.8 Å². The van der Waals surface area contributed by atoms with Gasteiger partial charge < -0.3 is 10.1 Å². The molecule has 1 N–H and O–H groups in total. The Morgan fingerprint density at radius 1 is 1.17 bits per heavy atom.